The fourth-order valence-corrected chi connectivity index (χ4v) is 1.72. The summed E-state index contributed by atoms with van der Waals surface area (Å²) in [6.45, 7) is 4.64. The van der Waals surface area contributed by atoms with Gasteiger partial charge in [-0.3, -0.25) is 9.69 Å². The molecule has 1 aliphatic rings. The van der Waals surface area contributed by atoms with Crippen molar-refractivity contribution in [1.82, 2.24) is 9.47 Å². The molecule has 1 aromatic rings. The van der Waals surface area contributed by atoms with Gasteiger partial charge < -0.3 is 4.57 Å². The lowest BCUT2D eigenvalue weighted by atomic mass is 10.2. The monoisotopic (exact) mass is 178 g/mol. The Bertz CT molecular complexity index is 341. The Morgan fingerprint density at radius 1 is 1.46 bits per heavy atom. The normalized spacial score (nSPS) is 17.1. The Balaban J connectivity index is 2.33. The van der Waals surface area contributed by atoms with Crippen LogP contribution in [0.5, 0.6) is 0 Å². The molecule has 0 fully saturated rings. The molecule has 70 valence electrons. The lowest BCUT2D eigenvalue weighted by Gasteiger charge is -2.24. The number of nitrogens with zero attached hydrogens (tertiary/aromatic N) is 2. The van der Waals surface area contributed by atoms with Gasteiger partial charge in [-0.2, -0.15) is 0 Å². The molecule has 0 spiro atoms. The number of carbonyl (C=O) groups excluding carboxylic acids is 1. The number of rotatable bonds is 1. The molecule has 2 heterocycles. The highest BCUT2D eigenvalue weighted by Crippen LogP contribution is 2.15. The summed E-state index contributed by atoms with van der Waals surface area (Å²) in [5.41, 5.74) is 2.09. The molecule has 0 atom stereocenters. The minimum atomic E-state index is 0.157. The van der Waals surface area contributed by atoms with E-state index in [1.807, 2.05) is 12.3 Å². The summed E-state index contributed by atoms with van der Waals surface area (Å²) in [5, 5.41) is 0. The molecule has 0 aromatic carbocycles. The molecule has 0 radical (unpaired) electrons. The van der Waals surface area contributed by atoms with Crippen molar-refractivity contribution in [3.05, 3.63) is 23.5 Å². The number of carbonyl (C=O) groups is 1. The van der Waals surface area contributed by atoms with Gasteiger partial charge in [0.05, 0.1) is 0 Å². The van der Waals surface area contributed by atoms with E-state index in [-0.39, 0.29) is 5.78 Å². The summed E-state index contributed by atoms with van der Waals surface area (Å²) in [6, 6.07) is 2.00. The second-order valence-electron chi connectivity index (χ2n) is 3.71. The van der Waals surface area contributed by atoms with Crippen molar-refractivity contribution in [1.29, 1.82) is 0 Å². The van der Waals surface area contributed by atoms with Crippen molar-refractivity contribution in [3.63, 3.8) is 0 Å². The summed E-state index contributed by atoms with van der Waals surface area (Å²) in [4.78, 5) is 13.4. The second kappa shape index (κ2) is 3.00. The maximum atomic E-state index is 11.1. The standard InChI is InChI=1S/C10H14N2O/c1-8(13)9-5-10-7-11(2)3-4-12(10)6-9/h5-6H,3-4,7H2,1-2H3. The molecule has 0 amide bonds. The van der Waals surface area contributed by atoms with Crippen molar-refractivity contribution in [2.45, 2.75) is 20.0 Å². The van der Waals surface area contributed by atoms with Crippen LogP contribution in [0.15, 0.2) is 12.3 Å². The lowest BCUT2D eigenvalue weighted by Crippen LogP contribution is -2.29. The number of fused-ring (bicyclic) bond motifs is 1. The number of hydrogen-bond acceptors (Lipinski definition) is 2. The van der Waals surface area contributed by atoms with Crippen LogP contribution in [-0.4, -0.2) is 28.8 Å². The van der Waals surface area contributed by atoms with E-state index in [1.165, 1.54) is 5.69 Å². The quantitative estimate of drug-likeness (QED) is 0.602. The van der Waals surface area contributed by atoms with E-state index in [1.54, 1.807) is 6.92 Å². The van der Waals surface area contributed by atoms with Gasteiger partial charge in [0.2, 0.25) is 0 Å². The van der Waals surface area contributed by atoms with Crippen molar-refractivity contribution < 1.29 is 4.79 Å². The third-order valence-electron chi connectivity index (χ3n) is 2.55. The van der Waals surface area contributed by atoms with Crippen molar-refractivity contribution in [3.8, 4) is 0 Å². The van der Waals surface area contributed by atoms with Crippen LogP contribution in [0, 0.1) is 0 Å². The molecule has 0 saturated heterocycles. The summed E-state index contributed by atoms with van der Waals surface area (Å²) >= 11 is 0. The molecule has 0 unspecified atom stereocenters. The van der Waals surface area contributed by atoms with Gasteiger partial charge in [-0.15, -0.1) is 0 Å². The maximum absolute atomic E-state index is 11.1. The third kappa shape index (κ3) is 1.52. The molecule has 3 nitrogen and oxygen atoms in total. The zero-order valence-corrected chi connectivity index (χ0v) is 8.08. The maximum Gasteiger partial charge on any atom is 0.161 e. The van der Waals surface area contributed by atoms with Crippen molar-refractivity contribution >= 4 is 5.78 Å². The van der Waals surface area contributed by atoms with Crippen LogP contribution in [0.4, 0.5) is 0 Å². The molecule has 0 aliphatic carbocycles. The van der Waals surface area contributed by atoms with Crippen molar-refractivity contribution in [2.24, 2.45) is 0 Å². The van der Waals surface area contributed by atoms with Crippen LogP contribution in [0.25, 0.3) is 0 Å². The average Bonchev–Trinajstić information content (AvgIpc) is 2.46. The van der Waals surface area contributed by atoms with Gasteiger partial charge in [-0.05, 0) is 20.0 Å². The molecule has 0 bridgehead atoms. The van der Waals surface area contributed by atoms with Gasteiger partial charge in [0.25, 0.3) is 0 Å². The third-order valence-corrected chi connectivity index (χ3v) is 2.55. The van der Waals surface area contributed by atoms with E-state index >= 15 is 0 Å². The fourth-order valence-electron chi connectivity index (χ4n) is 1.72. The first kappa shape index (κ1) is 8.51. The highest BCUT2D eigenvalue weighted by Gasteiger charge is 2.14. The summed E-state index contributed by atoms with van der Waals surface area (Å²) in [5.74, 6) is 0.157. The molecular formula is C10H14N2O. The first-order chi connectivity index (χ1) is 6.16. The smallest absolute Gasteiger partial charge is 0.161 e. The second-order valence-corrected chi connectivity index (χ2v) is 3.71. The van der Waals surface area contributed by atoms with Gasteiger partial charge >= 0.3 is 0 Å². The fraction of sp³-hybridized carbons (Fsp3) is 0.500. The highest BCUT2D eigenvalue weighted by molar-refractivity contribution is 5.94. The molecule has 0 saturated carbocycles. The van der Waals surface area contributed by atoms with E-state index in [9.17, 15) is 4.79 Å². The summed E-state index contributed by atoms with van der Waals surface area (Å²) < 4.78 is 2.18. The van der Waals surface area contributed by atoms with Crippen LogP contribution in [0.3, 0.4) is 0 Å². The molecule has 2 rings (SSSR count). The Labute approximate surface area is 78.0 Å². The van der Waals surface area contributed by atoms with Gasteiger partial charge in [-0.25, -0.2) is 0 Å². The highest BCUT2D eigenvalue weighted by atomic mass is 16.1. The summed E-state index contributed by atoms with van der Waals surface area (Å²) in [7, 11) is 2.10. The van der Waals surface area contributed by atoms with Gasteiger partial charge in [0, 0.05) is 37.1 Å². The molecule has 1 aliphatic heterocycles. The van der Waals surface area contributed by atoms with Crippen LogP contribution in [0.1, 0.15) is 23.0 Å². The van der Waals surface area contributed by atoms with Gasteiger partial charge in [0.1, 0.15) is 0 Å². The van der Waals surface area contributed by atoms with E-state index in [0.29, 0.717) is 0 Å². The number of Topliss-reactive ketones (excluding diaryl/α,β-unsaturated/α-hetero) is 1. The van der Waals surface area contributed by atoms with Crippen LogP contribution >= 0.6 is 0 Å². The number of ketones is 1. The summed E-state index contributed by atoms with van der Waals surface area (Å²) in [6.07, 6.45) is 1.96. The van der Waals surface area contributed by atoms with Crippen molar-refractivity contribution in [2.75, 3.05) is 13.6 Å². The van der Waals surface area contributed by atoms with E-state index < -0.39 is 0 Å². The van der Waals surface area contributed by atoms with Gasteiger partial charge in [0.15, 0.2) is 5.78 Å². The minimum absolute atomic E-state index is 0.157. The molecule has 0 N–H and O–H groups in total. The van der Waals surface area contributed by atoms with Crippen LogP contribution < -0.4 is 0 Å². The Morgan fingerprint density at radius 2 is 2.23 bits per heavy atom. The Kier molecular flexibility index (Phi) is 1.96. The zero-order chi connectivity index (χ0) is 9.42. The largest absolute Gasteiger partial charge is 0.348 e. The average molecular weight is 178 g/mol. The first-order valence-electron chi connectivity index (χ1n) is 4.55. The van der Waals surface area contributed by atoms with E-state index in [0.717, 1.165) is 25.2 Å². The zero-order valence-electron chi connectivity index (χ0n) is 8.08. The van der Waals surface area contributed by atoms with Crippen LogP contribution in [0.2, 0.25) is 0 Å². The Morgan fingerprint density at radius 3 is 2.92 bits per heavy atom. The molecular weight excluding hydrogens is 164 g/mol. The van der Waals surface area contributed by atoms with Crippen LogP contribution in [-0.2, 0) is 13.1 Å². The Hall–Kier alpha value is -1.09. The first-order valence-corrected chi connectivity index (χ1v) is 4.55. The lowest BCUT2D eigenvalue weighted by molar-refractivity contribution is 0.101. The number of likely N-dealkylation sites (N-methyl/N-ethyl adjacent to an activating group) is 1. The molecule has 13 heavy (non-hydrogen) atoms. The van der Waals surface area contributed by atoms with E-state index in [2.05, 4.69) is 16.5 Å². The van der Waals surface area contributed by atoms with Gasteiger partial charge in [-0.1, -0.05) is 0 Å². The molecule has 3 heteroatoms. The predicted octanol–water partition coefficient (Wildman–Crippen LogP) is 1.14. The minimum Gasteiger partial charge on any atom is -0.348 e. The number of aromatic nitrogens is 1. The van der Waals surface area contributed by atoms with E-state index in [4.69, 9.17) is 0 Å². The predicted molar refractivity (Wildman–Crippen MR) is 50.8 cm³/mol. The molecule has 1 aromatic heterocycles. The topological polar surface area (TPSA) is 25.2 Å². The SMILES string of the molecule is CC(=O)c1cc2n(c1)CCN(C)C2. The number of hydrogen-bond donors (Lipinski definition) is 0.